The van der Waals surface area contributed by atoms with Crippen LogP contribution in [0.3, 0.4) is 0 Å². The van der Waals surface area contributed by atoms with E-state index in [0.29, 0.717) is 13.2 Å². The van der Waals surface area contributed by atoms with Crippen LogP contribution in [-0.2, 0) is 11.3 Å². The Morgan fingerprint density at radius 1 is 1.50 bits per heavy atom. The zero-order valence-electron chi connectivity index (χ0n) is 9.66. The van der Waals surface area contributed by atoms with Crippen molar-refractivity contribution in [3.05, 3.63) is 34.3 Å². The maximum atomic E-state index is 9.42. The molecule has 0 unspecified atom stereocenters. The first-order valence-electron chi connectivity index (χ1n) is 5.26. The number of benzene rings is 1. The summed E-state index contributed by atoms with van der Waals surface area (Å²) in [5, 5.41) is 13.4. The number of hydrogen-bond donors (Lipinski definition) is 2. The van der Waals surface area contributed by atoms with Crippen molar-refractivity contribution in [3.63, 3.8) is 0 Å². The molecule has 1 rings (SSSR count). The fourth-order valence-corrected chi connectivity index (χ4v) is 1.57. The first-order valence-corrected chi connectivity index (χ1v) is 5.64. The number of aliphatic hydroxyl groups is 1. The molecule has 16 heavy (non-hydrogen) atoms. The third-order valence-electron chi connectivity index (χ3n) is 2.29. The number of aliphatic hydroxyl groups excluding tert-OH is 1. The quantitative estimate of drug-likeness (QED) is 0.800. The van der Waals surface area contributed by atoms with Gasteiger partial charge < -0.3 is 15.2 Å². The molecule has 0 radical (unpaired) electrons. The number of nitrogens with one attached hydrogen (secondary N) is 1. The lowest BCUT2D eigenvalue weighted by molar-refractivity contribution is 0.0644. The van der Waals surface area contributed by atoms with Gasteiger partial charge in [-0.2, -0.15) is 0 Å². The summed E-state index contributed by atoms with van der Waals surface area (Å²) in [4.78, 5) is 0. The average molecular weight is 244 g/mol. The normalized spacial score (nSPS) is 12.8. The van der Waals surface area contributed by atoms with Gasteiger partial charge in [-0.15, -0.1) is 0 Å². The SMILES string of the molecule is COC[C@@H](O)CNCc1ccc(Cl)c(C)c1. The lowest BCUT2D eigenvalue weighted by Crippen LogP contribution is -2.29. The predicted molar refractivity (Wildman–Crippen MR) is 65.8 cm³/mol. The van der Waals surface area contributed by atoms with Crippen LogP contribution >= 0.6 is 11.6 Å². The van der Waals surface area contributed by atoms with Gasteiger partial charge >= 0.3 is 0 Å². The molecule has 0 bridgehead atoms. The van der Waals surface area contributed by atoms with Gasteiger partial charge in [0.2, 0.25) is 0 Å². The van der Waals surface area contributed by atoms with E-state index in [1.54, 1.807) is 7.11 Å². The largest absolute Gasteiger partial charge is 0.389 e. The molecule has 0 spiro atoms. The Hall–Kier alpha value is -0.610. The van der Waals surface area contributed by atoms with Gasteiger partial charge in [-0.05, 0) is 24.1 Å². The molecule has 0 aromatic heterocycles. The highest BCUT2D eigenvalue weighted by atomic mass is 35.5. The highest BCUT2D eigenvalue weighted by molar-refractivity contribution is 6.31. The molecule has 0 aliphatic carbocycles. The lowest BCUT2D eigenvalue weighted by atomic mass is 10.1. The third-order valence-corrected chi connectivity index (χ3v) is 2.71. The molecule has 1 aromatic rings. The Balaban J connectivity index is 2.34. The fourth-order valence-electron chi connectivity index (χ4n) is 1.45. The van der Waals surface area contributed by atoms with Crippen LogP contribution in [0, 0.1) is 6.92 Å². The topological polar surface area (TPSA) is 41.5 Å². The molecule has 4 heteroatoms. The Bertz CT molecular complexity index is 331. The van der Waals surface area contributed by atoms with Crippen molar-refractivity contribution in [3.8, 4) is 0 Å². The Morgan fingerprint density at radius 2 is 2.25 bits per heavy atom. The van der Waals surface area contributed by atoms with E-state index in [-0.39, 0.29) is 0 Å². The van der Waals surface area contributed by atoms with Crippen molar-refractivity contribution in [2.75, 3.05) is 20.3 Å². The van der Waals surface area contributed by atoms with Gasteiger partial charge in [0, 0.05) is 25.2 Å². The molecule has 0 fully saturated rings. The molecule has 90 valence electrons. The summed E-state index contributed by atoms with van der Waals surface area (Å²) in [7, 11) is 1.58. The average Bonchev–Trinajstić information content (AvgIpc) is 2.24. The maximum absolute atomic E-state index is 9.42. The van der Waals surface area contributed by atoms with Crippen LogP contribution in [0.1, 0.15) is 11.1 Å². The number of aryl methyl sites for hydroxylation is 1. The summed E-state index contributed by atoms with van der Waals surface area (Å²) in [6.45, 7) is 3.58. The highest BCUT2D eigenvalue weighted by Crippen LogP contribution is 2.15. The van der Waals surface area contributed by atoms with Gasteiger partial charge in [0.25, 0.3) is 0 Å². The van der Waals surface area contributed by atoms with Gasteiger partial charge in [-0.1, -0.05) is 23.7 Å². The number of ether oxygens (including phenoxy) is 1. The standard InChI is InChI=1S/C12H18ClNO2/c1-9-5-10(3-4-12(9)13)6-14-7-11(15)8-16-2/h3-5,11,14-15H,6-8H2,1-2H3/t11-/m0/s1. The van der Waals surface area contributed by atoms with E-state index in [1.807, 2.05) is 25.1 Å². The second-order valence-electron chi connectivity index (χ2n) is 3.82. The second kappa shape index (κ2) is 6.86. The van der Waals surface area contributed by atoms with Crippen LogP contribution in [0.5, 0.6) is 0 Å². The van der Waals surface area contributed by atoms with Crippen LogP contribution in [0.4, 0.5) is 0 Å². The number of rotatable bonds is 6. The van der Waals surface area contributed by atoms with E-state index in [9.17, 15) is 5.11 Å². The molecule has 0 heterocycles. The summed E-state index contributed by atoms with van der Waals surface area (Å²) in [5.74, 6) is 0. The number of methoxy groups -OCH3 is 1. The van der Waals surface area contributed by atoms with Gasteiger partial charge in [0.05, 0.1) is 12.7 Å². The van der Waals surface area contributed by atoms with Gasteiger partial charge in [0.15, 0.2) is 0 Å². The monoisotopic (exact) mass is 243 g/mol. The smallest absolute Gasteiger partial charge is 0.0897 e. The minimum atomic E-state index is -0.460. The second-order valence-corrected chi connectivity index (χ2v) is 4.23. The van der Waals surface area contributed by atoms with E-state index in [0.717, 1.165) is 22.7 Å². The molecule has 1 atom stereocenters. The fraction of sp³-hybridized carbons (Fsp3) is 0.500. The molecule has 3 nitrogen and oxygen atoms in total. The zero-order chi connectivity index (χ0) is 12.0. The predicted octanol–water partition coefficient (Wildman–Crippen LogP) is 1.75. The van der Waals surface area contributed by atoms with Crippen LogP contribution < -0.4 is 5.32 Å². The van der Waals surface area contributed by atoms with E-state index >= 15 is 0 Å². The molecule has 0 saturated heterocycles. The van der Waals surface area contributed by atoms with Crippen molar-refractivity contribution in [2.24, 2.45) is 0 Å². The summed E-state index contributed by atoms with van der Waals surface area (Å²) >= 11 is 5.93. The van der Waals surface area contributed by atoms with Crippen LogP contribution in [0.2, 0.25) is 5.02 Å². The molecule has 1 aromatic carbocycles. The van der Waals surface area contributed by atoms with Crippen LogP contribution in [0.25, 0.3) is 0 Å². The molecule has 0 aliphatic rings. The lowest BCUT2D eigenvalue weighted by Gasteiger charge is -2.11. The van der Waals surface area contributed by atoms with E-state index < -0.39 is 6.10 Å². The van der Waals surface area contributed by atoms with Crippen LogP contribution in [0.15, 0.2) is 18.2 Å². The first kappa shape index (κ1) is 13.5. The Morgan fingerprint density at radius 3 is 2.88 bits per heavy atom. The molecule has 0 amide bonds. The third kappa shape index (κ3) is 4.49. The molecular formula is C12H18ClNO2. The van der Waals surface area contributed by atoms with Gasteiger partial charge in [-0.25, -0.2) is 0 Å². The van der Waals surface area contributed by atoms with E-state index in [2.05, 4.69) is 5.32 Å². The van der Waals surface area contributed by atoms with Gasteiger partial charge in [-0.3, -0.25) is 0 Å². The Labute approximate surface area is 101 Å². The molecule has 0 aliphatic heterocycles. The van der Waals surface area contributed by atoms with Gasteiger partial charge in [0.1, 0.15) is 0 Å². The maximum Gasteiger partial charge on any atom is 0.0897 e. The van der Waals surface area contributed by atoms with Crippen molar-refractivity contribution < 1.29 is 9.84 Å². The minimum absolute atomic E-state index is 0.354. The van der Waals surface area contributed by atoms with Crippen molar-refractivity contribution in [2.45, 2.75) is 19.6 Å². The summed E-state index contributed by atoms with van der Waals surface area (Å²) in [6.07, 6.45) is -0.460. The first-order chi connectivity index (χ1) is 7.63. The number of hydrogen-bond acceptors (Lipinski definition) is 3. The summed E-state index contributed by atoms with van der Waals surface area (Å²) in [5.41, 5.74) is 2.23. The van der Waals surface area contributed by atoms with E-state index in [1.165, 1.54) is 0 Å². The highest BCUT2D eigenvalue weighted by Gasteiger charge is 2.02. The minimum Gasteiger partial charge on any atom is -0.389 e. The van der Waals surface area contributed by atoms with E-state index in [4.69, 9.17) is 16.3 Å². The summed E-state index contributed by atoms with van der Waals surface area (Å²) < 4.78 is 4.83. The molecular weight excluding hydrogens is 226 g/mol. The number of halogens is 1. The molecule has 2 N–H and O–H groups in total. The Kier molecular flexibility index (Phi) is 5.77. The molecule has 0 saturated carbocycles. The summed E-state index contributed by atoms with van der Waals surface area (Å²) in [6, 6.07) is 5.91. The zero-order valence-corrected chi connectivity index (χ0v) is 10.4. The van der Waals surface area contributed by atoms with Crippen molar-refractivity contribution in [1.82, 2.24) is 5.32 Å². The van der Waals surface area contributed by atoms with Crippen molar-refractivity contribution >= 4 is 11.6 Å². The van der Waals surface area contributed by atoms with Crippen molar-refractivity contribution in [1.29, 1.82) is 0 Å². The van der Waals surface area contributed by atoms with Crippen LogP contribution in [-0.4, -0.2) is 31.5 Å².